The molecule has 2 aliphatic heterocycles. The Hall–Kier alpha value is -2.31. The van der Waals surface area contributed by atoms with Gasteiger partial charge in [0.1, 0.15) is 11.6 Å². The molecule has 0 saturated carbocycles. The van der Waals surface area contributed by atoms with Crippen molar-refractivity contribution in [2.75, 3.05) is 39.3 Å². The van der Waals surface area contributed by atoms with Crippen LogP contribution in [0.1, 0.15) is 36.9 Å². The van der Waals surface area contributed by atoms with Crippen molar-refractivity contribution >= 4 is 5.91 Å². The Morgan fingerprint density at radius 1 is 0.900 bits per heavy atom. The largest absolute Gasteiger partial charge is 0.339 e. The predicted octanol–water partition coefficient (Wildman–Crippen LogP) is 3.68. The molecule has 6 heteroatoms. The van der Waals surface area contributed by atoms with Crippen LogP contribution in [0.5, 0.6) is 0 Å². The average Bonchev–Trinajstić information content (AvgIpc) is 3.25. The fraction of sp³-hybridized carbons (Fsp3) is 0.458. The van der Waals surface area contributed by atoms with Crippen LogP contribution in [0.15, 0.2) is 48.5 Å². The maximum Gasteiger partial charge on any atom is 0.240 e. The molecule has 0 spiro atoms. The molecule has 160 valence electrons. The van der Waals surface area contributed by atoms with E-state index in [1.807, 2.05) is 4.90 Å². The van der Waals surface area contributed by atoms with Crippen LogP contribution in [0, 0.1) is 11.6 Å². The molecule has 2 aromatic rings. The summed E-state index contributed by atoms with van der Waals surface area (Å²) in [5.74, 6) is -0.303. The van der Waals surface area contributed by atoms with Crippen LogP contribution < -0.4 is 0 Å². The molecule has 0 radical (unpaired) electrons. The molecule has 2 heterocycles. The van der Waals surface area contributed by atoms with E-state index in [4.69, 9.17) is 0 Å². The standard InChI is InChI=1S/C24H29F2N3O/c1-2-27-13-3-4-22(27)24(30)29-16-14-28(15-17-29)23(18-5-9-20(25)10-6-18)19-7-11-21(26)12-8-19/h5-12,22-23H,2-4,13-17H2,1H3/t22-/m0/s1. The topological polar surface area (TPSA) is 26.8 Å². The molecule has 4 nitrogen and oxygen atoms in total. The molecule has 0 aliphatic carbocycles. The fourth-order valence-electron chi connectivity index (χ4n) is 4.80. The molecule has 2 fully saturated rings. The first kappa shape index (κ1) is 20.9. The molecule has 2 saturated heterocycles. The number of piperazine rings is 1. The predicted molar refractivity (Wildman–Crippen MR) is 113 cm³/mol. The lowest BCUT2D eigenvalue weighted by molar-refractivity contribution is -0.138. The number of carbonyl (C=O) groups excluding carboxylic acids is 1. The fourth-order valence-corrected chi connectivity index (χ4v) is 4.80. The molecular formula is C24H29F2N3O. The Labute approximate surface area is 177 Å². The van der Waals surface area contributed by atoms with Crippen molar-refractivity contribution < 1.29 is 13.6 Å². The zero-order valence-corrected chi connectivity index (χ0v) is 17.4. The maximum absolute atomic E-state index is 13.5. The highest BCUT2D eigenvalue weighted by molar-refractivity contribution is 5.82. The first-order valence-corrected chi connectivity index (χ1v) is 10.8. The van der Waals surface area contributed by atoms with Gasteiger partial charge in [-0.15, -0.1) is 0 Å². The third-order valence-electron chi connectivity index (χ3n) is 6.42. The average molecular weight is 414 g/mol. The Bertz CT molecular complexity index is 802. The third kappa shape index (κ3) is 4.40. The van der Waals surface area contributed by atoms with E-state index in [1.54, 1.807) is 24.3 Å². The van der Waals surface area contributed by atoms with Gasteiger partial charge in [-0.05, 0) is 61.3 Å². The summed E-state index contributed by atoms with van der Waals surface area (Å²) < 4.78 is 27.0. The van der Waals surface area contributed by atoms with E-state index in [1.165, 1.54) is 24.3 Å². The smallest absolute Gasteiger partial charge is 0.240 e. The highest BCUT2D eigenvalue weighted by Gasteiger charge is 2.35. The van der Waals surface area contributed by atoms with Gasteiger partial charge in [-0.3, -0.25) is 14.6 Å². The van der Waals surface area contributed by atoms with Gasteiger partial charge in [0, 0.05) is 26.2 Å². The van der Waals surface area contributed by atoms with Crippen LogP contribution >= 0.6 is 0 Å². The van der Waals surface area contributed by atoms with Crippen molar-refractivity contribution in [1.82, 2.24) is 14.7 Å². The number of hydrogen-bond donors (Lipinski definition) is 0. The number of rotatable bonds is 5. The van der Waals surface area contributed by atoms with Gasteiger partial charge >= 0.3 is 0 Å². The summed E-state index contributed by atoms with van der Waals surface area (Å²) in [6.45, 7) is 6.82. The number of likely N-dealkylation sites (N-methyl/N-ethyl adjacent to an activating group) is 1. The number of hydrogen-bond acceptors (Lipinski definition) is 3. The zero-order chi connectivity index (χ0) is 21.1. The Kier molecular flexibility index (Phi) is 6.44. The summed E-state index contributed by atoms with van der Waals surface area (Å²) in [7, 11) is 0. The SMILES string of the molecule is CCN1CCC[C@H]1C(=O)N1CCN(C(c2ccc(F)cc2)c2ccc(F)cc2)CC1. The molecule has 2 aromatic carbocycles. The lowest BCUT2D eigenvalue weighted by Gasteiger charge is -2.41. The highest BCUT2D eigenvalue weighted by atomic mass is 19.1. The van der Waals surface area contributed by atoms with Crippen molar-refractivity contribution in [1.29, 1.82) is 0 Å². The monoisotopic (exact) mass is 413 g/mol. The summed E-state index contributed by atoms with van der Waals surface area (Å²) in [6, 6.07) is 12.9. The minimum atomic E-state index is -0.274. The Morgan fingerprint density at radius 2 is 1.43 bits per heavy atom. The second kappa shape index (κ2) is 9.23. The lowest BCUT2D eigenvalue weighted by Crippen LogP contribution is -2.54. The van der Waals surface area contributed by atoms with E-state index in [-0.39, 0.29) is 29.6 Å². The van der Waals surface area contributed by atoms with Gasteiger partial charge < -0.3 is 4.90 Å². The van der Waals surface area contributed by atoms with Gasteiger partial charge in [0.2, 0.25) is 5.91 Å². The van der Waals surface area contributed by atoms with Gasteiger partial charge in [-0.1, -0.05) is 31.2 Å². The molecule has 4 rings (SSSR count). The summed E-state index contributed by atoms with van der Waals surface area (Å²) in [4.78, 5) is 19.6. The molecule has 0 unspecified atom stereocenters. The van der Waals surface area contributed by atoms with Crippen LogP contribution in [0.2, 0.25) is 0 Å². The van der Waals surface area contributed by atoms with Crippen LogP contribution in [-0.4, -0.2) is 65.9 Å². The summed E-state index contributed by atoms with van der Waals surface area (Å²) in [5.41, 5.74) is 1.94. The van der Waals surface area contributed by atoms with Crippen molar-refractivity contribution in [2.24, 2.45) is 0 Å². The lowest BCUT2D eigenvalue weighted by atomic mass is 9.96. The van der Waals surface area contributed by atoms with Crippen LogP contribution in [0.25, 0.3) is 0 Å². The normalized spacial score (nSPS) is 20.8. The Balaban J connectivity index is 1.50. The first-order chi connectivity index (χ1) is 14.6. The van der Waals surface area contributed by atoms with Gasteiger partial charge in [-0.2, -0.15) is 0 Å². The van der Waals surface area contributed by atoms with E-state index >= 15 is 0 Å². The molecule has 1 atom stereocenters. The van der Waals surface area contributed by atoms with Gasteiger partial charge in [0.05, 0.1) is 12.1 Å². The summed E-state index contributed by atoms with van der Waals surface area (Å²) in [6.07, 6.45) is 2.03. The van der Waals surface area contributed by atoms with Crippen LogP contribution in [-0.2, 0) is 4.79 Å². The van der Waals surface area contributed by atoms with Crippen molar-refractivity contribution in [2.45, 2.75) is 31.8 Å². The number of halogens is 2. The zero-order valence-electron chi connectivity index (χ0n) is 17.4. The van der Waals surface area contributed by atoms with E-state index in [9.17, 15) is 13.6 Å². The molecular weight excluding hydrogens is 384 g/mol. The van der Waals surface area contributed by atoms with E-state index in [2.05, 4.69) is 16.7 Å². The van der Waals surface area contributed by atoms with Crippen molar-refractivity contribution in [3.05, 3.63) is 71.3 Å². The summed E-state index contributed by atoms with van der Waals surface area (Å²) >= 11 is 0. The molecule has 0 aromatic heterocycles. The molecule has 0 N–H and O–H groups in total. The minimum Gasteiger partial charge on any atom is -0.339 e. The van der Waals surface area contributed by atoms with E-state index < -0.39 is 0 Å². The number of benzene rings is 2. The van der Waals surface area contributed by atoms with Crippen molar-refractivity contribution in [3.63, 3.8) is 0 Å². The van der Waals surface area contributed by atoms with Crippen molar-refractivity contribution in [3.8, 4) is 0 Å². The number of nitrogens with zero attached hydrogens (tertiary/aromatic N) is 3. The second-order valence-electron chi connectivity index (χ2n) is 8.15. The number of likely N-dealkylation sites (tertiary alicyclic amines) is 1. The Morgan fingerprint density at radius 3 is 1.93 bits per heavy atom. The molecule has 0 bridgehead atoms. The van der Waals surface area contributed by atoms with E-state index in [0.717, 1.165) is 50.1 Å². The summed E-state index contributed by atoms with van der Waals surface area (Å²) in [5, 5.41) is 0. The van der Waals surface area contributed by atoms with Crippen LogP contribution in [0.3, 0.4) is 0 Å². The molecule has 30 heavy (non-hydrogen) atoms. The number of amides is 1. The maximum atomic E-state index is 13.5. The minimum absolute atomic E-state index is 0.0199. The quantitative estimate of drug-likeness (QED) is 0.748. The van der Waals surface area contributed by atoms with Crippen LogP contribution in [0.4, 0.5) is 8.78 Å². The number of carbonyl (C=O) groups is 1. The first-order valence-electron chi connectivity index (χ1n) is 10.8. The van der Waals surface area contributed by atoms with Gasteiger partial charge in [-0.25, -0.2) is 8.78 Å². The molecule has 2 aliphatic rings. The van der Waals surface area contributed by atoms with E-state index in [0.29, 0.717) is 13.1 Å². The molecule has 1 amide bonds. The van der Waals surface area contributed by atoms with Gasteiger partial charge in [0.25, 0.3) is 0 Å². The second-order valence-corrected chi connectivity index (χ2v) is 8.15. The van der Waals surface area contributed by atoms with Gasteiger partial charge in [0.15, 0.2) is 0 Å². The third-order valence-corrected chi connectivity index (χ3v) is 6.42. The highest BCUT2D eigenvalue weighted by Crippen LogP contribution is 2.30.